The van der Waals surface area contributed by atoms with Crippen LogP contribution in [0.2, 0.25) is 0 Å². The summed E-state index contributed by atoms with van der Waals surface area (Å²) in [4.78, 5) is 21.0. The molecule has 1 saturated heterocycles. The van der Waals surface area contributed by atoms with E-state index in [-0.39, 0.29) is 5.91 Å². The zero-order valence-electron chi connectivity index (χ0n) is 16.6. The number of piperazine rings is 1. The van der Waals surface area contributed by atoms with Crippen molar-refractivity contribution in [1.29, 1.82) is 0 Å². The van der Waals surface area contributed by atoms with E-state index in [1.807, 2.05) is 18.3 Å². The highest BCUT2D eigenvalue weighted by Crippen LogP contribution is 2.17. The quantitative estimate of drug-likeness (QED) is 0.658. The van der Waals surface area contributed by atoms with Gasteiger partial charge in [-0.1, -0.05) is 18.2 Å². The molecule has 0 saturated carbocycles. The van der Waals surface area contributed by atoms with E-state index in [4.69, 9.17) is 0 Å². The lowest BCUT2D eigenvalue weighted by Gasteiger charge is -2.36. The molecule has 6 heteroatoms. The van der Waals surface area contributed by atoms with E-state index in [9.17, 15) is 4.79 Å². The Morgan fingerprint density at radius 1 is 1.18 bits per heavy atom. The minimum atomic E-state index is 0.123. The van der Waals surface area contributed by atoms with Gasteiger partial charge in [0.2, 0.25) is 5.91 Å². The van der Waals surface area contributed by atoms with Crippen LogP contribution in [0.1, 0.15) is 17.5 Å². The number of amides is 1. The second-order valence-corrected chi connectivity index (χ2v) is 8.21. The van der Waals surface area contributed by atoms with Crippen LogP contribution in [0, 0.1) is 6.92 Å². The molecule has 0 bridgehead atoms. The van der Waals surface area contributed by atoms with Gasteiger partial charge in [-0.15, -0.1) is 11.8 Å². The molecule has 1 aliphatic rings. The topological polar surface area (TPSA) is 48.5 Å². The molecule has 150 valence electrons. The highest BCUT2D eigenvalue weighted by molar-refractivity contribution is 7.99. The third-order valence-corrected chi connectivity index (χ3v) is 5.94. The molecule has 0 radical (unpaired) electrons. The number of hydrogen-bond acceptors (Lipinski definition) is 5. The smallest absolute Gasteiger partial charge is 0.230 e. The Morgan fingerprint density at radius 2 is 2.04 bits per heavy atom. The number of carbonyl (C=O) groups excluding carboxylic acids is 1. The summed E-state index contributed by atoms with van der Waals surface area (Å²) >= 11 is 1.63. The summed E-state index contributed by atoms with van der Waals surface area (Å²) < 4.78 is 0. The third kappa shape index (κ3) is 6.84. The van der Waals surface area contributed by atoms with Crippen molar-refractivity contribution in [2.45, 2.75) is 19.1 Å². The number of nitrogens with one attached hydrogen (secondary N) is 1. The molecular formula is C22H30N4OS. The molecule has 1 aliphatic heterocycles. The van der Waals surface area contributed by atoms with E-state index in [1.165, 1.54) is 11.3 Å². The van der Waals surface area contributed by atoms with Crippen molar-refractivity contribution >= 4 is 23.4 Å². The highest BCUT2D eigenvalue weighted by atomic mass is 32.2. The van der Waals surface area contributed by atoms with Crippen molar-refractivity contribution in [3.05, 3.63) is 59.9 Å². The lowest BCUT2D eigenvalue weighted by Crippen LogP contribution is -2.47. The average Bonchev–Trinajstić information content (AvgIpc) is 2.72. The molecule has 1 fully saturated rings. The van der Waals surface area contributed by atoms with Crippen LogP contribution in [-0.2, 0) is 10.5 Å². The number of aromatic nitrogens is 1. The Balaban J connectivity index is 1.24. The van der Waals surface area contributed by atoms with Crippen molar-refractivity contribution in [2.75, 3.05) is 49.9 Å². The summed E-state index contributed by atoms with van der Waals surface area (Å²) in [5, 5.41) is 3.04. The molecule has 0 aliphatic carbocycles. The van der Waals surface area contributed by atoms with Crippen LogP contribution < -0.4 is 10.2 Å². The van der Waals surface area contributed by atoms with Crippen molar-refractivity contribution in [3.63, 3.8) is 0 Å². The van der Waals surface area contributed by atoms with Gasteiger partial charge in [0.05, 0.1) is 5.75 Å². The number of nitrogens with zero attached hydrogens (tertiary/aromatic N) is 3. The number of rotatable bonds is 9. The molecule has 1 N–H and O–H groups in total. The summed E-state index contributed by atoms with van der Waals surface area (Å²) in [5.41, 5.74) is 3.80. The minimum absolute atomic E-state index is 0.123. The Bertz CT molecular complexity index is 732. The lowest BCUT2D eigenvalue weighted by molar-refractivity contribution is -0.118. The Kier molecular flexibility index (Phi) is 8.18. The van der Waals surface area contributed by atoms with Gasteiger partial charge in [0, 0.05) is 56.6 Å². The van der Waals surface area contributed by atoms with E-state index >= 15 is 0 Å². The molecule has 1 aromatic carbocycles. The number of hydrogen-bond donors (Lipinski definition) is 1. The van der Waals surface area contributed by atoms with Crippen LogP contribution in [0.4, 0.5) is 5.69 Å². The van der Waals surface area contributed by atoms with Gasteiger partial charge in [-0.25, -0.2) is 0 Å². The second-order valence-electron chi connectivity index (χ2n) is 7.23. The van der Waals surface area contributed by atoms with E-state index in [2.05, 4.69) is 51.3 Å². The van der Waals surface area contributed by atoms with Gasteiger partial charge in [-0.3, -0.25) is 14.7 Å². The summed E-state index contributed by atoms with van der Waals surface area (Å²) in [6, 6.07) is 12.7. The molecule has 3 rings (SSSR count). The van der Waals surface area contributed by atoms with Gasteiger partial charge in [-0.2, -0.15) is 0 Å². The monoisotopic (exact) mass is 398 g/mol. The van der Waals surface area contributed by atoms with Gasteiger partial charge in [-0.05, 0) is 49.2 Å². The van der Waals surface area contributed by atoms with Gasteiger partial charge in [0.1, 0.15) is 0 Å². The standard InChI is InChI=1S/C22H30N4OS/c1-19-5-2-7-21(15-19)26-13-11-25(12-14-26)10-4-9-24-22(27)18-28-17-20-6-3-8-23-16-20/h2-3,5-8,15-16H,4,9-14,17-18H2,1H3,(H,24,27). The number of carbonyl (C=O) groups is 1. The maximum absolute atomic E-state index is 11.9. The number of benzene rings is 1. The van der Waals surface area contributed by atoms with Crippen LogP contribution in [-0.4, -0.2) is 60.8 Å². The SMILES string of the molecule is Cc1cccc(N2CCN(CCCNC(=O)CSCc3cccnc3)CC2)c1. The molecule has 0 atom stereocenters. The summed E-state index contributed by atoms with van der Waals surface area (Å²) in [6.07, 6.45) is 4.62. The fraction of sp³-hybridized carbons (Fsp3) is 0.455. The summed E-state index contributed by atoms with van der Waals surface area (Å²) in [6.45, 7) is 8.26. The number of pyridine rings is 1. The van der Waals surface area contributed by atoms with E-state index in [0.29, 0.717) is 5.75 Å². The van der Waals surface area contributed by atoms with Gasteiger partial charge < -0.3 is 10.2 Å². The molecular weight excluding hydrogens is 368 g/mol. The average molecular weight is 399 g/mol. The first-order chi connectivity index (χ1) is 13.7. The maximum Gasteiger partial charge on any atom is 0.230 e. The van der Waals surface area contributed by atoms with Gasteiger partial charge in [0.15, 0.2) is 0 Å². The van der Waals surface area contributed by atoms with Crippen molar-refractivity contribution in [3.8, 4) is 0 Å². The largest absolute Gasteiger partial charge is 0.369 e. The molecule has 28 heavy (non-hydrogen) atoms. The lowest BCUT2D eigenvalue weighted by atomic mass is 10.2. The van der Waals surface area contributed by atoms with Crippen LogP contribution in [0.5, 0.6) is 0 Å². The molecule has 2 heterocycles. The Morgan fingerprint density at radius 3 is 2.79 bits per heavy atom. The minimum Gasteiger partial charge on any atom is -0.369 e. The molecule has 5 nitrogen and oxygen atoms in total. The number of aryl methyl sites for hydroxylation is 1. The van der Waals surface area contributed by atoms with Crippen LogP contribution >= 0.6 is 11.8 Å². The second kappa shape index (κ2) is 11.1. The molecule has 0 spiro atoms. The van der Waals surface area contributed by atoms with Crippen molar-refractivity contribution in [1.82, 2.24) is 15.2 Å². The third-order valence-electron chi connectivity index (χ3n) is 4.94. The molecule has 1 amide bonds. The van der Waals surface area contributed by atoms with Crippen molar-refractivity contribution < 1.29 is 4.79 Å². The predicted molar refractivity (Wildman–Crippen MR) is 118 cm³/mol. The molecule has 2 aromatic rings. The van der Waals surface area contributed by atoms with Gasteiger partial charge >= 0.3 is 0 Å². The van der Waals surface area contributed by atoms with E-state index < -0.39 is 0 Å². The van der Waals surface area contributed by atoms with Crippen LogP contribution in [0.3, 0.4) is 0 Å². The molecule has 0 unspecified atom stereocenters. The number of thioether (sulfide) groups is 1. The number of anilines is 1. The van der Waals surface area contributed by atoms with E-state index in [0.717, 1.165) is 57.0 Å². The normalized spacial score (nSPS) is 14.8. The zero-order chi connectivity index (χ0) is 19.6. The first kappa shape index (κ1) is 20.7. The fourth-order valence-electron chi connectivity index (χ4n) is 3.38. The van der Waals surface area contributed by atoms with Crippen LogP contribution in [0.15, 0.2) is 48.8 Å². The first-order valence-corrected chi connectivity index (χ1v) is 11.1. The highest BCUT2D eigenvalue weighted by Gasteiger charge is 2.16. The van der Waals surface area contributed by atoms with E-state index in [1.54, 1.807) is 18.0 Å². The molecule has 1 aromatic heterocycles. The van der Waals surface area contributed by atoms with Gasteiger partial charge in [0.25, 0.3) is 0 Å². The fourth-order valence-corrected chi connectivity index (χ4v) is 4.18. The zero-order valence-corrected chi connectivity index (χ0v) is 17.5. The van der Waals surface area contributed by atoms with Crippen molar-refractivity contribution in [2.24, 2.45) is 0 Å². The first-order valence-electron chi connectivity index (χ1n) is 9.98. The summed E-state index contributed by atoms with van der Waals surface area (Å²) in [7, 11) is 0. The summed E-state index contributed by atoms with van der Waals surface area (Å²) in [5.74, 6) is 1.45. The Hall–Kier alpha value is -2.05. The maximum atomic E-state index is 11.9. The predicted octanol–water partition coefficient (Wildman–Crippen LogP) is 2.95. The Labute approximate surface area is 172 Å². The van der Waals surface area contributed by atoms with Crippen LogP contribution in [0.25, 0.3) is 0 Å².